The highest BCUT2D eigenvalue weighted by molar-refractivity contribution is 8.03. The zero-order valence-corrected chi connectivity index (χ0v) is 14.6. The third-order valence-corrected chi connectivity index (χ3v) is 6.59. The fourth-order valence-electron chi connectivity index (χ4n) is 3.98. The van der Waals surface area contributed by atoms with Gasteiger partial charge < -0.3 is 20.5 Å². The second kappa shape index (κ2) is 5.39. The maximum absolute atomic E-state index is 13.0. The van der Waals surface area contributed by atoms with Crippen molar-refractivity contribution in [3.8, 4) is 0 Å². The second-order valence-corrected chi connectivity index (χ2v) is 8.17. The van der Waals surface area contributed by atoms with E-state index in [9.17, 15) is 4.79 Å². The van der Waals surface area contributed by atoms with Gasteiger partial charge in [-0.3, -0.25) is 4.79 Å². The van der Waals surface area contributed by atoms with Gasteiger partial charge in [-0.15, -0.1) is 11.8 Å². The standard InChI is InChI=1S/C17H20N6OS/c18-11-7-13(25-8-11)16(24)23-6-5-22(9-17(23)2-3-17)15-12-1-4-19-14(12)20-10-21-15/h1,4,8,10,13H,2-3,5-7,9,18H2,(H,19,20,21). The first kappa shape index (κ1) is 15.1. The number of hydrogen-bond donors (Lipinski definition) is 2. The lowest BCUT2D eigenvalue weighted by molar-refractivity contribution is -0.134. The summed E-state index contributed by atoms with van der Waals surface area (Å²) < 4.78 is 0. The van der Waals surface area contributed by atoms with E-state index in [0.717, 1.165) is 55.0 Å². The Labute approximate surface area is 149 Å². The quantitative estimate of drug-likeness (QED) is 0.846. The number of thioether (sulfide) groups is 1. The Morgan fingerprint density at radius 1 is 1.36 bits per heavy atom. The van der Waals surface area contributed by atoms with Crippen LogP contribution in [0.15, 0.2) is 29.7 Å². The number of carbonyl (C=O) groups excluding carboxylic acids is 1. The molecule has 8 heteroatoms. The molecule has 1 unspecified atom stereocenters. The van der Waals surface area contributed by atoms with Crippen molar-refractivity contribution in [1.29, 1.82) is 0 Å². The number of nitrogens with two attached hydrogens (primary N) is 1. The Hall–Kier alpha value is -2.22. The van der Waals surface area contributed by atoms with Crippen molar-refractivity contribution in [2.75, 3.05) is 24.5 Å². The lowest BCUT2D eigenvalue weighted by atomic mass is 10.1. The topological polar surface area (TPSA) is 91.1 Å². The summed E-state index contributed by atoms with van der Waals surface area (Å²) in [4.78, 5) is 29.3. The Balaban J connectivity index is 1.38. The summed E-state index contributed by atoms with van der Waals surface area (Å²) in [5.74, 6) is 1.21. The zero-order chi connectivity index (χ0) is 17.0. The molecular formula is C17H20N6OS. The van der Waals surface area contributed by atoms with E-state index in [1.54, 1.807) is 18.1 Å². The predicted octanol–water partition coefficient (Wildman–Crippen LogP) is 1.44. The number of hydrogen-bond acceptors (Lipinski definition) is 6. The lowest BCUT2D eigenvalue weighted by Crippen LogP contribution is -2.58. The number of anilines is 1. The number of carbonyl (C=O) groups is 1. The molecule has 4 heterocycles. The van der Waals surface area contributed by atoms with Gasteiger partial charge >= 0.3 is 0 Å². The molecule has 0 aromatic carbocycles. The van der Waals surface area contributed by atoms with Crippen molar-refractivity contribution in [3.63, 3.8) is 0 Å². The molecule has 130 valence electrons. The number of nitrogens with one attached hydrogen (secondary N) is 1. The molecule has 1 amide bonds. The molecule has 0 bridgehead atoms. The smallest absolute Gasteiger partial charge is 0.237 e. The molecule has 1 atom stereocenters. The number of allylic oxidation sites excluding steroid dienone is 1. The fraction of sp³-hybridized carbons (Fsp3) is 0.471. The minimum atomic E-state index is -0.0422. The summed E-state index contributed by atoms with van der Waals surface area (Å²) >= 11 is 1.56. The molecule has 25 heavy (non-hydrogen) atoms. The first-order chi connectivity index (χ1) is 12.2. The minimum Gasteiger partial charge on any atom is -0.402 e. The molecular weight excluding hydrogens is 336 g/mol. The van der Waals surface area contributed by atoms with Gasteiger partial charge in [0, 0.05) is 37.9 Å². The van der Waals surface area contributed by atoms with Crippen LogP contribution < -0.4 is 10.6 Å². The van der Waals surface area contributed by atoms with E-state index in [1.807, 2.05) is 17.7 Å². The lowest BCUT2D eigenvalue weighted by Gasteiger charge is -2.43. The average molecular weight is 356 g/mol. The molecule has 7 nitrogen and oxygen atoms in total. The molecule has 2 aromatic rings. The average Bonchev–Trinajstić information content (AvgIpc) is 3.03. The number of nitrogens with zero attached hydrogens (tertiary/aromatic N) is 4. The molecule has 2 aliphatic heterocycles. The summed E-state index contributed by atoms with van der Waals surface area (Å²) in [6.07, 6.45) is 6.31. The van der Waals surface area contributed by atoms with Crippen LogP contribution in [-0.4, -0.2) is 56.2 Å². The minimum absolute atomic E-state index is 0.0270. The van der Waals surface area contributed by atoms with Crippen LogP contribution in [0.3, 0.4) is 0 Å². The van der Waals surface area contributed by atoms with Crippen LogP contribution in [0.2, 0.25) is 0 Å². The third-order valence-electron chi connectivity index (χ3n) is 5.46. The van der Waals surface area contributed by atoms with Gasteiger partial charge in [-0.1, -0.05) is 0 Å². The monoisotopic (exact) mass is 356 g/mol. The largest absolute Gasteiger partial charge is 0.402 e. The Morgan fingerprint density at radius 2 is 2.24 bits per heavy atom. The number of aromatic nitrogens is 3. The molecule has 2 aromatic heterocycles. The van der Waals surface area contributed by atoms with E-state index < -0.39 is 0 Å². The van der Waals surface area contributed by atoms with Gasteiger partial charge in [0.1, 0.15) is 17.8 Å². The zero-order valence-electron chi connectivity index (χ0n) is 13.8. The van der Waals surface area contributed by atoms with Gasteiger partial charge in [-0.2, -0.15) is 0 Å². The molecule has 0 radical (unpaired) electrons. The van der Waals surface area contributed by atoms with Crippen LogP contribution >= 0.6 is 11.8 Å². The number of piperazine rings is 1. The highest BCUT2D eigenvalue weighted by Crippen LogP contribution is 2.46. The van der Waals surface area contributed by atoms with Crippen LogP contribution in [0.4, 0.5) is 5.82 Å². The maximum atomic E-state index is 13.0. The number of rotatable bonds is 2. The molecule has 3 aliphatic rings. The summed E-state index contributed by atoms with van der Waals surface area (Å²) in [5.41, 5.74) is 7.51. The molecule has 2 fully saturated rings. The number of fused-ring (bicyclic) bond motifs is 1. The van der Waals surface area contributed by atoms with Gasteiger partial charge in [0.05, 0.1) is 16.2 Å². The van der Waals surface area contributed by atoms with E-state index >= 15 is 0 Å². The molecule has 5 rings (SSSR count). The van der Waals surface area contributed by atoms with Crippen molar-refractivity contribution in [3.05, 3.63) is 29.7 Å². The van der Waals surface area contributed by atoms with E-state index in [1.165, 1.54) is 0 Å². The summed E-state index contributed by atoms with van der Waals surface area (Å²) in [7, 11) is 0. The first-order valence-corrected chi connectivity index (χ1v) is 9.55. The molecule has 1 aliphatic carbocycles. The summed E-state index contributed by atoms with van der Waals surface area (Å²) in [6.45, 7) is 2.38. The molecule has 1 spiro atoms. The number of H-pyrrole nitrogens is 1. The van der Waals surface area contributed by atoms with Crippen molar-refractivity contribution in [2.24, 2.45) is 5.73 Å². The summed E-state index contributed by atoms with van der Waals surface area (Å²) in [5, 5.41) is 2.92. The van der Waals surface area contributed by atoms with Gasteiger partial charge in [-0.05, 0) is 24.3 Å². The number of amides is 1. The van der Waals surface area contributed by atoms with E-state index in [2.05, 4.69) is 24.8 Å². The van der Waals surface area contributed by atoms with E-state index in [0.29, 0.717) is 6.42 Å². The van der Waals surface area contributed by atoms with Crippen molar-refractivity contribution in [2.45, 2.75) is 30.1 Å². The van der Waals surface area contributed by atoms with Crippen LogP contribution in [-0.2, 0) is 4.79 Å². The highest BCUT2D eigenvalue weighted by atomic mass is 32.2. The fourth-order valence-corrected chi connectivity index (χ4v) is 4.95. The van der Waals surface area contributed by atoms with Crippen LogP contribution in [0, 0.1) is 0 Å². The van der Waals surface area contributed by atoms with Gasteiger partial charge in [0.15, 0.2) is 0 Å². The molecule has 3 N–H and O–H groups in total. The maximum Gasteiger partial charge on any atom is 0.237 e. The van der Waals surface area contributed by atoms with E-state index in [-0.39, 0.29) is 16.7 Å². The van der Waals surface area contributed by atoms with Crippen LogP contribution in [0.25, 0.3) is 11.0 Å². The SMILES string of the molecule is NC1=CSC(C(=O)N2CCN(c3ncnc4[nH]ccc34)CC23CC3)C1. The Bertz CT molecular complexity index is 873. The Morgan fingerprint density at radius 3 is 3.00 bits per heavy atom. The first-order valence-electron chi connectivity index (χ1n) is 8.61. The van der Waals surface area contributed by atoms with Gasteiger partial charge in [0.2, 0.25) is 5.91 Å². The van der Waals surface area contributed by atoms with E-state index in [4.69, 9.17) is 5.73 Å². The van der Waals surface area contributed by atoms with Crippen molar-refractivity contribution >= 4 is 34.5 Å². The van der Waals surface area contributed by atoms with Gasteiger partial charge in [-0.25, -0.2) is 9.97 Å². The normalized spacial score (nSPS) is 24.8. The second-order valence-electron chi connectivity index (χ2n) is 7.09. The van der Waals surface area contributed by atoms with Crippen molar-refractivity contribution in [1.82, 2.24) is 19.9 Å². The van der Waals surface area contributed by atoms with Crippen molar-refractivity contribution < 1.29 is 4.79 Å². The highest BCUT2D eigenvalue weighted by Gasteiger charge is 2.54. The Kier molecular flexibility index (Phi) is 3.25. The summed E-state index contributed by atoms with van der Waals surface area (Å²) in [6, 6.07) is 2.02. The van der Waals surface area contributed by atoms with Crippen LogP contribution in [0.1, 0.15) is 19.3 Å². The van der Waals surface area contributed by atoms with Crippen LogP contribution in [0.5, 0.6) is 0 Å². The predicted molar refractivity (Wildman–Crippen MR) is 98.0 cm³/mol. The molecule has 1 saturated carbocycles. The molecule has 1 saturated heterocycles. The van der Waals surface area contributed by atoms with Gasteiger partial charge in [0.25, 0.3) is 0 Å². The third kappa shape index (κ3) is 2.38. The number of aromatic amines is 1.